The van der Waals surface area contributed by atoms with E-state index in [9.17, 15) is 0 Å². The van der Waals surface area contributed by atoms with Crippen molar-refractivity contribution in [3.05, 3.63) is 137 Å². The van der Waals surface area contributed by atoms with Gasteiger partial charge >= 0.3 is 0 Å². The van der Waals surface area contributed by atoms with Gasteiger partial charge in [-0.2, -0.15) is 0 Å². The van der Waals surface area contributed by atoms with Gasteiger partial charge in [0.05, 0.1) is 11.6 Å². The largest absolute Gasteiger partial charge is 0.342 e. The molecule has 2 nitrogen and oxygen atoms in total. The van der Waals surface area contributed by atoms with E-state index in [-0.39, 0.29) is 17.7 Å². The zero-order chi connectivity index (χ0) is 20.4. The topological polar surface area (TPSA) is 6.25 Å². The van der Waals surface area contributed by atoms with Crippen LogP contribution in [0.5, 0.6) is 0 Å². The van der Waals surface area contributed by atoms with E-state index in [4.69, 9.17) is 0 Å². The second kappa shape index (κ2) is 6.32. The van der Waals surface area contributed by atoms with Gasteiger partial charge in [0, 0.05) is 12.2 Å². The lowest BCUT2D eigenvalue weighted by Crippen LogP contribution is -2.34. The minimum atomic E-state index is 0.00480. The molecule has 0 N–H and O–H groups in total. The van der Waals surface area contributed by atoms with Crippen LogP contribution in [0.15, 0.2) is 109 Å². The van der Waals surface area contributed by atoms with Crippen molar-refractivity contribution in [3.8, 4) is 0 Å². The monoisotopic (exact) mass is 400 g/mol. The van der Waals surface area contributed by atoms with Crippen molar-refractivity contribution in [3.63, 3.8) is 0 Å². The number of benzene rings is 4. The maximum absolute atomic E-state index is 2.72. The number of hydrogen-bond donors (Lipinski definition) is 0. The van der Waals surface area contributed by atoms with Crippen LogP contribution in [0.3, 0.4) is 0 Å². The fourth-order valence-electron chi connectivity index (χ4n) is 6.16. The van der Waals surface area contributed by atoms with E-state index >= 15 is 0 Å². The summed E-state index contributed by atoms with van der Waals surface area (Å²) in [6, 6.07) is 40.6. The summed E-state index contributed by atoms with van der Waals surface area (Å²) in [5.41, 5.74) is 8.52. The zero-order valence-corrected chi connectivity index (χ0v) is 17.4. The van der Waals surface area contributed by atoms with Crippen LogP contribution < -0.4 is 4.90 Å². The van der Waals surface area contributed by atoms with Crippen LogP contribution in [0.2, 0.25) is 0 Å². The first-order chi connectivity index (χ1) is 15.4. The van der Waals surface area contributed by atoms with Gasteiger partial charge in [0.15, 0.2) is 0 Å². The molecule has 0 saturated carbocycles. The highest BCUT2D eigenvalue weighted by Crippen LogP contribution is 2.67. The van der Waals surface area contributed by atoms with Crippen LogP contribution >= 0.6 is 0 Å². The Hall–Kier alpha value is -3.36. The number of fused-ring (bicyclic) bond motifs is 7. The third-order valence-electron chi connectivity index (χ3n) is 7.48. The molecule has 1 unspecified atom stereocenters. The van der Waals surface area contributed by atoms with Crippen LogP contribution in [0.4, 0.5) is 5.69 Å². The molecule has 4 aromatic carbocycles. The molecule has 2 saturated heterocycles. The van der Waals surface area contributed by atoms with Crippen molar-refractivity contribution in [2.75, 3.05) is 11.4 Å². The van der Waals surface area contributed by atoms with Crippen LogP contribution in [0, 0.1) is 0 Å². The molecule has 0 spiro atoms. The molecule has 4 aromatic rings. The smallest absolute Gasteiger partial charge is 0.110 e. The van der Waals surface area contributed by atoms with Crippen LogP contribution in [-0.2, 0) is 12.0 Å². The van der Waals surface area contributed by atoms with Crippen molar-refractivity contribution >= 4 is 5.69 Å². The van der Waals surface area contributed by atoms with E-state index < -0.39 is 0 Å². The highest BCUT2D eigenvalue weighted by atomic mass is 15.6. The molecule has 2 heteroatoms. The molecular formula is C29H24N2. The Morgan fingerprint density at radius 2 is 1.29 bits per heavy atom. The van der Waals surface area contributed by atoms with Gasteiger partial charge in [0.1, 0.15) is 6.17 Å². The Morgan fingerprint density at radius 3 is 2.10 bits per heavy atom. The fourth-order valence-corrected chi connectivity index (χ4v) is 6.16. The molecule has 0 bridgehead atoms. The minimum Gasteiger partial charge on any atom is -0.342 e. The molecule has 7 rings (SSSR count). The number of para-hydroxylation sites is 1. The van der Waals surface area contributed by atoms with Gasteiger partial charge < -0.3 is 4.90 Å². The van der Waals surface area contributed by atoms with Crippen molar-refractivity contribution in [1.82, 2.24) is 4.90 Å². The first-order valence-electron chi connectivity index (χ1n) is 11.2. The van der Waals surface area contributed by atoms with E-state index in [2.05, 4.69) is 119 Å². The summed E-state index contributed by atoms with van der Waals surface area (Å²) in [4.78, 5) is 5.44. The second-order valence-electron chi connectivity index (χ2n) is 9.02. The first-order valence-corrected chi connectivity index (χ1v) is 11.2. The van der Waals surface area contributed by atoms with Gasteiger partial charge in [-0.1, -0.05) is 103 Å². The predicted octanol–water partition coefficient (Wildman–Crippen LogP) is 6.06. The molecule has 31 heavy (non-hydrogen) atoms. The summed E-state index contributed by atoms with van der Waals surface area (Å²) in [5, 5.41) is 0. The summed E-state index contributed by atoms with van der Waals surface area (Å²) in [7, 11) is 0. The standard InChI is InChI=1S/C29H24N2/c1-3-11-21(12-4-1)27-29(24-15-5-2-6-16-24)20-30(29)28-25-17-9-7-13-22(25)19-23-14-8-10-18-26(23)31(27)28/h1-18,27-28H,19-20H2/t27-,28+,29+,30?/m1/s1. The maximum Gasteiger partial charge on any atom is 0.110 e. The van der Waals surface area contributed by atoms with Crippen LogP contribution in [-0.4, -0.2) is 11.4 Å². The highest BCUT2D eigenvalue weighted by Gasteiger charge is 2.70. The van der Waals surface area contributed by atoms with Crippen molar-refractivity contribution in [2.24, 2.45) is 0 Å². The van der Waals surface area contributed by atoms with Crippen LogP contribution in [0.1, 0.15) is 40.0 Å². The average molecular weight is 401 g/mol. The molecule has 4 atom stereocenters. The van der Waals surface area contributed by atoms with Crippen molar-refractivity contribution in [2.45, 2.75) is 24.2 Å². The average Bonchev–Trinajstić information content (AvgIpc) is 3.53. The van der Waals surface area contributed by atoms with Gasteiger partial charge in [-0.15, -0.1) is 0 Å². The van der Waals surface area contributed by atoms with Crippen LogP contribution in [0.25, 0.3) is 0 Å². The quantitative estimate of drug-likeness (QED) is 0.377. The molecule has 2 fully saturated rings. The van der Waals surface area contributed by atoms with Gasteiger partial charge in [0.2, 0.25) is 0 Å². The maximum atomic E-state index is 2.72. The van der Waals surface area contributed by atoms with Gasteiger partial charge in [-0.3, -0.25) is 4.90 Å². The van der Waals surface area contributed by atoms with Crippen molar-refractivity contribution < 1.29 is 0 Å². The Kier molecular flexibility index (Phi) is 3.53. The third-order valence-corrected chi connectivity index (χ3v) is 7.48. The molecule has 0 aliphatic carbocycles. The van der Waals surface area contributed by atoms with Gasteiger partial charge in [-0.25, -0.2) is 0 Å². The Morgan fingerprint density at radius 1 is 0.645 bits per heavy atom. The molecule has 3 aliphatic rings. The summed E-state index contributed by atoms with van der Waals surface area (Å²) in [5.74, 6) is 0. The molecule has 0 aromatic heterocycles. The van der Waals surface area contributed by atoms with E-state index in [1.165, 1.54) is 33.5 Å². The van der Waals surface area contributed by atoms with E-state index in [1.54, 1.807) is 0 Å². The molecule has 3 aliphatic heterocycles. The summed E-state index contributed by atoms with van der Waals surface area (Å²) in [6.07, 6.45) is 1.25. The SMILES string of the molecule is c1ccc([C@H]2N3c4ccccc4Cc4ccccc4[C@H]3N3C[C@]23c2ccccc2)cc1. The lowest BCUT2D eigenvalue weighted by molar-refractivity contribution is 0.404. The molecular weight excluding hydrogens is 376 g/mol. The Balaban J connectivity index is 1.53. The lowest BCUT2D eigenvalue weighted by Gasteiger charge is -2.37. The summed E-state index contributed by atoms with van der Waals surface area (Å²) >= 11 is 0. The fraction of sp³-hybridized carbons (Fsp3) is 0.172. The van der Waals surface area contributed by atoms with Gasteiger partial charge in [-0.05, 0) is 40.3 Å². The predicted molar refractivity (Wildman–Crippen MR) is 125 cm³/mol. The van der Waals surface area contributed by atoms with E-state index in [1.807, 2.05) is 0 Å². The summed E-state index contributed by atoms with van der Waals surface area (Å²) in [6.45, 7) is 1.09. The zero-order valence-electron chi connectivity index (χ0n) is 17.4. The van der Waals surface area contributed by atoms with E-state index in [0.717, 1.165) is 13.0 Å². The normalized spacial score (nSPS) is 27.5. The third kappa shape index (κ3) is 2.31. The Bertz CT molecular complexity index is 1270. The highest BCUT2D eigenvalue weighted by molar-refractivity contribution is 5.66. The molecule has 3 heterocycles. The molecule has 0 amide bonds. The number of hydrogen-bond acceptors (Lipinski definition) is 2. The Labute approximate surface area is 183 Å². The first kappa shape index (κ1) is 17.3. The summed E-state index contributed by atoms with van der Waals surface area (Å²) < 4.78 is 0. The lowest BCUT2D eigenvalue weighted by atomic mass is 9.85. The van der Waals surface area contributed by atoms with E-state index in [0.29, 0.717) is 0 Å². The number of nitrogens with zero attached hydrogens (tertiary/aromatic N) is 2. The van der Waals surface area contributed by atoms with Crippen molar-refractivity contribution in [1.29, 1.82) is 0 Å². The number of anilines is 1. The second-order valence-corrected chi connectivity index (χ2v) is 9.02. The number of rotatable bonds is 2. The molecule has 150 valence electrons. The van der Waals surface area contributed by atoms with Gasteiger partial charge in [0.25, 0.3) is 0 Å². The molecule has 0 radical (unpaired) electrons. The minimum absolute atomic E-state index is 0.00480.